The highest BCUT2D eigenvalue weighted by atomic mass is 15.2. The molecule has 1 aliphatic rings. The summed E-state index contributed by atoms with van der Waals surface area (Å²) < 4.78 is 0. The molecule has 1 unspecified atom stereocenters. The lowest BCUT2D eigenvalue weighted by Crippen LogP contribution is -2.49. The van der Waals surface area contributed by atoms with Gasteiger partial charge in [-0.25, -0.2) is 0 Å². The van der Waals surface area contributed by atoms with Crippen LogP contribution in [0.25, 0.3) is 0 Å². The van der Waals surface area contributed by atoms with Gasteiger partial charge in [-0.05, 0) is 43.7 Å². The smallest absolute Gasteiger partial charge is 0.0243 e. The highest BCUT2D eigenvalue weighted by Gasteiger charge is 2.29. The Morgan fingerprint density at radius 1 is 1.24 bits per heavy atom. The molecule has 0 bridgehead atoms. The molecule has 17 heavy (non-hydrogen) atoms. The molecule has 0 aliphatic heterocycles. The maximum Gasteiger partial charge on any atom is 0.0243 e. The summed E-state index contributed by atoms with van der Waals surface area (Å²) in [6.07, 6.45) is 4.14. The van der Waals surface area contributed by atoms with E-state index in [1.54, 1.807) is 0 Å². The second-order valence-electron chi connectivity index (χ2n) is 6.67. The Balaban J connectivity index is 2.43. The van der Waals surface area contributed by atoms with Gasteiger partial charge in [-0.3, -0.25) is 0 Å². The number of hydrogen-bond acceptors (Lipinski definition) is 2. The molecule has 1 saturated carbocycles. The predicted octanol–water partition coefficient (Wildman–Crippen LogP) is 3.13. The fourth-order valence-corrected chi connectivity index (χ4v) is 2.22. The van der Waals surface area contributed by atoms with Crippen molar-refractivity contribution in [2.24, 2.45) is 11.3 Å². The van der Waals surface area contributed by atoms with Crippen LogP contribution in [0.15, 0.2) is 0 Å². The third-order valence-corrected chi connectivity index (χ3v) is 3.79. The minimum atomic E-state index is 0.353. The van der Waals surface area contributed by atoms with Crippen LogP contribution in [-0.4, -0.2) is 37.1 Å². The fourth-order valence-electron chi connectivity index (χ4n) is 2.22. The van der Waals surface area contributed by atoms with Gasteiger partial charge in [-0.2, -0.15) is 0 Å². The Morgan fingerprint density at radius 3 is 2.29 bits per heavy atom. The summed E-state index contributed by atoms with van der Waals surface area (Å²) in [5.41, 5.74) is 0.353. The number of hydrogen-bond donors (Lipinski definition) is 1. The number of likely N-dealkylation sites (N-methyl/N-ethyl adjacent to an activating group) is 1. The molecule has 0 aromatic carbocycles. The topological polar surface area (TPSA) is 15.3 Å². The van der Waals surface area contributed by atoms with E-state index in [1.165, 1.54) is 38.9 Å². The van der Waals surface area contributed by atoms with Crippen LogP contribution in [0.5, 0.6) is 0 Å². The first-order chi connectivity index (χ1) is 7.97. The molecule has 0 radical (unpaired) electrons. The first kappa shape index (κ1) is 15.0. The SMILES string of the molecule is CCCNC(CN(CC)CC1CC1)C(C)(C)C. The van der Waals surface area contributed by atoms with Gasteiger partial charge in [0.05, 0.1) is 0 Å². The van der Waals surface area contributed by atoms with Crippen molar-refractivity contribution in [1.82, 2.24) is 10.2 Å². The van der Waals surface area contributed by atoms with E-state index in [2.05, 4.69) is 44.8 Å². The van der Waals surface area contributed by atoms with Gasteiger partial charge in [0.1, 0.15) is 0 Å². The first-order valence-corrected chi connectivity index (χ1v) is 7.43. The van der Waals surface area contributed by atoms with Gasteiger partial charge < -0.3 is 10.2 Å². The van der Waals surface area contributed by atoms with Gasteiger partial charge in [0.15, 0.2) is 0 Å². The molecular formula is C15H32N2. The van der Waals surface area contributed by atoms with E-state index in [0.717, 1.165) is 12.5 Å². The van der Waals surface area contributed by atoms with Crippen molar-refractivity contribution in [3.63, 3.8) is 0 Å². The lowest BCUT2D eigenvalue weighted by Gasteiger charge is -2.36. The molecule has 1 atom stereocenters. The molecular weight excluding hydrogens is 208 g/mol. The van der Waals surface area contributed by atoms with Gasteiger partial charge in [0, 0.05) is 19.1 Å². The molecule has 2 heteroatoms. The standard InChI is InChI=1S/C15H32N2/c1-6-10-16-14(15(3,4)5)12-17(7-2)11-13-8-9-13/h13-14,16H,6-12H2,1-5H3. The maximum atomic E-state index is 3.73. The Kier molecular flexibility index (Phi) is 5.94. The van der Waals surface area contributed by atoms with E-state index >= 15 is 0 Å². The van der Waals surface area contributed by atoms with Crippen molar-refractivity contribution in [3.05, 3.63) is 0 Å². The highest BCUT2D eigenvalue weighted by Crippen LogP contribution is 2.30. The molecule has 1 N–H and O–H groups in total. The van der Waals surface area contributed by atoms with E-state index in [9.17, 15) is 0 Å². The summed E-state index contributed by atoms with van der Waals surface area (Å²) >= 11 is 0. The monoisotopic (exact) mass is 240 g/mol. The van der Waals surface area contributed by atoms with E-state index < -0.39 is 0 Å². The molecule has 0 heterocycles. The van der Waals surface area contributed by atoms with Gasteiger partial charge in [0.2, 0.25) is 0 Å². The minimum Gasteiger partial charge on any atom is -0.312 e. The Labute approximate surface area is 108 Å². The van der Waals surface area contributed by atoms with Crippen molar-refractivity contribution in [3.8, 4) is 0 Å². The second-order valence-corrected chi connectivity index (χ2v) is 6.67. The van der Waals surface area contributed by atoms with Crippen LogP contribution >= 0.6 is 0 Å². The highest BCUT2D eigenvalue weighted by molar-refractivity contribution is 4.85. The zero-order chi connectivity index (χ0) is 12.9. The van der Waals surface area contributed by atoms with Gasteiger partial charge >= 0.3 is 0 Å². The summed E-state index contributed by atoms with van der Waals surface area (Å²) in [5.74, 6) is 1.00. The molecule has 0 aromatic rings. The summed E-state index contributed by atoms with van der Waals surface area (Å²) in [6, 6.07) is 0.612. The zero-order valence-electron chi connectivity index (χ0n) is 12.6. The lowest BCUT2D eigenvalue weighted by molar-refractivity contribution is 0.173. The average molecular weight is 240 g/mol. The summed E-state index contributed by atoms with van der Waals surface area (Å²) in [4.78, 5) is 2.64. The molecule has 0 saturated heterocycles. The molecule has 1 aliphatic carbocycles. The van der Waals surface area contributed by atoms with Crippen LogP contribution in [0.3, 0.4) is 0 Å². The molecule has 1 fully saturated rings. The molecule has 102 valence electrons. The fraction of sp³-hybridized carbons (Fsp3) is 1.00. The van der Waals surface area contributed by atoms with Crippen LogP contribution < -0.4 is 5.32 Å². The van der Waals surface area contributed by atoms with Crippen molar-refractivity contribution >= 4 is 0 Å². The van der Waals surface area contributed by atoms with Crippen LogP contribution in [0, 0.1) is 11.3 Å². The summed E-state index contributed by atoms with van der Waals surface area (Å²) in [7, 11) is 0. The third kappa shape index (κ3) is 5.87. The normalized spacial score (nSPS) is 18.7. The third-order valence-electron chi connectivity index (χ3n) is 3.79. The minimum absolute atomic E-state index is 0.353. The lowest BCUT2D eigenvalue weighted by atomic mass is 9.86. The number of nitrogens with zero attached hydrogens (tertiary/aromatic N) is 1. The first-order valence-electron chi connectivity index (χ1n) is 7.43. The van der Waals surface area contributed by atoms with Crippen LogP contribution in [0.1, 0.15) is 53.9 Å². The van der Waals surface area contributed by atoms with E-state index in [1.807, 2.05) is 0 Å². The number of nitrogens with one attached hydrogen (secondary N) is 1. The molecule has 2 nitrogen and oxygen atoms in total. The van der Waals surface area contributed by atoms with Gasteiger partial charge in [-0.1, -0.05) is 34.6 Å². The van der Waals surface area contributed by atoms with Crippen molar-refractivity contribution in [2.75, 3.05) is 26.2 Å². The Bertz CT molecular complexity index is 203. The Morgan fingerprint density at radius 2 is 1.88 bits per heavy atom. The van der Waals surface area contributed by atoms with E-state index in [4.69, 9.17) is 0 Å². The van der Waals surface area contributed by atoms with Crippen LogP contribution in [-0.2, 0) is 0 Å². The van der Waals surface area contributed by atoms with E-state index in [0.29, 0.717) is 11.5 Å². The predicted molar refractivity (Wildman–Crippen MR) is 76.4 cm³/mol. The van der Waals surface area contributed by atoms with Crippen LogP contribution in [0.4, 0.5) is 0 Å². The largest absolute Gasteiger partial charge is 0.312 e. The average Bonchev–Trinajstić information content (AvgIpc) is 3.04. The van der Waals surface area contributed by atoms with Crippen molar-refractivity contribution in [2.45, 2.75) is 59.9 Å². The molecule has 1 rings (SSSR count). The molecule has 0 amide bonds. The summed E-state index contributed by atoms with van der Waals surface area (Å²) in [5, 5.41) is 3.73. The van der Waals surface area contributed by atoms with Gasteiger partial charge in [0.25, 0.3) is 0 Å². The maximum absolute atomic E-state index is 3.73. The zero-order valence-corrected chi connectivity index (χ0v) is 12.6. The molecule has 0 aromatic heterocycles. The second kappa shape index (κ2) is 6.75. The van der Waals surface area contributed by atoms with Crippen molar-refractivity contribution in [1.29, 1.82) is 0 Å². The number of rotatable bonds is 8. The van der Waals surface area contributed by atoms with E-state index in [-0.39, 0.29) is 0 Å². The van der Waals surface area contributed by atoms with Crippen molar-refractivity contribution < 1.29 is 0 Å². The van der Waals surface area contributed by atoms with Gasteiger partial charge in [-0.15, -0.1) is 0 Å². The van der Waals surface area contributed by atoms with Crippen LogP contribution in [0.2, 0.25) is 0 Å². The summed E-state index contributed by atoms with van der Waals surface area (Å²) in [6.45, 7) is 16.4. The Hall–Kier alpha value is -0.0800. The quantitative estimate of drug-likeness (QED) is 0.701. The molecule has 0 spiro atoms.